The molecule has 0 bridgehead atoms. The van der Waals surface area contributed by atoms with Gasteiger partial charge in [0, 0.05) is 13.2 Å². The van der Waals surface area contributed by atoms with Crippen LogP contribution in [0.25, 0.3) is 0 Å². The predicted octanol–water partition coefficient (Wildman–Crippen LogP) is 2.11. The van der Waals surface area contributed by atoms with Crippen molar-refractivity contribution in [3.05, 3.63) is 0 Å². The van der Waals surface area contributed by atoms with E-state index in [2.05, 4.69) is 12.2 Å². The van der Waals surface area contributed by atoms with Gasteiger partial charge in [-0.15, -0.1) is 0 Å². The molecule has 0 aliphatic heterocycles. The Morgan fingerprint density at radius 3 is 2.40 bits per heavy atom. The Morgan fingerprint density at radius 1 is 1.40 bits per heavy atom. The minimum atomic E-state index is -0.715. The average molecular weight is 213 g/mol. The second kappa shape index (κ2) is 4.97. The van der Waals surface area contributed by atoms with E-state index in [1.807, 2.05) is 0 Å². The first kappa shape index (κ1) is 12.5. The molecule has 1 atom stereocenters. The highest BCUT2D eigenvalue weighted by atomic mass is 16.5. The standard InChI is InChI=1S/C12H23NO2/c1-9(10-7-5-6-8-10)13-11(14)12(2,3)15-4/h9-10H,5-8H2,1-4H3,(H,13,14)/t9-/m0/s1. The summed E-state index contributed by atoms with van der Waals surface area (Å²) < 4.78 is 5.15. The molecule has 0 radical (unpaired) electrons. The van der Waals surface area contributed by atoms with Gasteiger partial charge in [-0.05, 0) is 39.5 Å². The third kappa shape index (κ3) is 3.20. The quantitative estimate of drug-likeness (QED) is 0.776. The van der Waals surface area contributed by atoms with Crippen molar-refractivity contribution in [3.8, 4) is 0 Å². The fourth-order valence-corrected chi connectivity index (χ4v) is 2.05. The van der Waals surface area contributed by atoms with Gasteiger partial charge in [0.25, 0.3) is 5.91 Å². The molecule has 1 rings (SSSR count). The van der Waals surface area contributed by atoms with Crippen molar-refractivity contribution in [2.45, 2.75) is 58.1 Å². The van der Waals surface area contributed by atoms with E-state index in [1.165, 1.54) is 25.7 Å². The molecule has 0 heterocycles. The molecular formula is C12H23NO2. The zero-order chi connectivity index (χ0) is 11.5. The van der Waals surface area contributed by atoms with Gasteiger partial charge in [-0.25, -0.2) is 0 Å². The number of amides is 1. The minimum Gasteiger partial charge on any atom is -0.369 e. The topological polar surface area (TPSA) is 38.3 Å². The van der Waals surface area contributed by atoms with E-state index in [1.54, 1.807) is 21.0 Å². The summed E-state index contributed by atoms with van der Waals surface area (Å²) in [5.74, 6) is 0.644. The smallest absolute Gasteiger partial charge is 0.251 e. The maximum Gasteiger partial charge on any atom is 0.251 e. The number of carbonyl (C=O) groups is 1. The summed E-state index contributed by atoms with van der Waals surface area (Å²) in [7, 11) is 1.57. The van der Waals surface area contributed by atoms with Crippen molar-refractivity contribution in [1.82, 2.24) is 5.32 Å². The number of nitrogens with one attached hydrogen (secondary N) is 1. The normalized spacial score (nSPS) is 20.3. The lowest BCUT2D eigenvalue weighted by Gasteiger charge is -2.27. The summed E-state index contributed by atoms with van der Waals surface area (Å²) in [6.45, 7) is 5.69. The summed E-state index contributed by atoms with van der Waals surface area (Å²) in [5, 5.41) is 3.05. The van der Waals surface area contributed by atoms with E-state index in [4.69, 9.17) is 4.74 Å². The van der Waals surface area contributed by atoms with Crippen LogP contribution in [0.3, 0.4) is 0 Å². The second-order valence-electron chi connectivity index (χ2n) is 5.02. The highest BCUT2D eigenvalue weighted by Crippen LogP contribution is 2.27. The summed E-state index contributed by atoms with van der Waals surface area (Å²) in [6.07, 6.45) is 5.10. The van der Waals surface area contributed by atoms with E-state index in [9.17, 15) is 4.79 Å². The molecule has 3 nitrogen and oxygen atoms in total. The number of ether oxygens (including phenoxy) is 1. The van der Waals surface area contributed by atoms with E-state index in [-0.39, 0.29) is 11.9 Å². The number of carbonyl (C=O) groups excluding carboxylic acids is 1. The van der Waals surface area contributed by atoms with Gasteiger partial charge in [-0.2, -0.15) is 0 Å². The Balaban J connectivity index is 2.43. The van der Waals surface area contributed by atoms with Crippen LogP contribution in [0.4, 0.5) is 0 Å². The zero-order valence-electron chi connectivity index (χ0n) is 10.3. The maximum absolute atomic E-state index is 11.8. The van der Waals surface area contributed by atoms with Gasteiger partial charge in [0.2, 0.25) is 0 Å². The zero-order valence-corrected chi connectivity index (χ0v) is 10.3. The van der Waals surface area contributed by atoms with Gasteiger partial charge >= 0.3 is 0 Å². The van der Waals surface area contributed by atoms with Crippen molar-refractivity contribution in [2.24, 2.45) is 5.92 Å². The molecule has 1 fully saturated rings. The van der Waals surface area contributed by atoms with Crippen molar-refractivity contribution in [1.29, 1.82) is 0 Å². The van der Waals surface area contributed by atoms with Gasteiger partial charge in [-0.1, -0.05) is 12.8 Å². The first-order chi connectivity index (χ1) is 6.97. The Bertz CT molecular complexity index is 220. The molecule has 3 heteroatoms. The molecule has 1 amide bonds. The number of rotatable bonds is 4. The Kier molecular flexibility index (Phi) is 4.14. The van der Waals surface area contributed by atoms with Crippen LogP contribution < -0.4 is 5.32 Å². The predicted molar refractivity (Wildman–Crippen MR) is 60.7 cm³/mol. The fourth-order valence-electron chi connectivity index (χ4n) is 2.05. The van der Waals surface area contributed by atoms with E-state index >= 15 is 0 Å². The molecular weight excluding hydrogens is 190 g/mol. The molecule has 0 spiro atoms. The van der Waals surface area contributed by atoms with Crippen LogP contribution in [0.15, 0.2) is 0 Å². The van der Waals surface area contributed by atoms with E-state index < -0.39 is 5.60 Å². The highest BCUT2D eigenvalue weighted by molar-refractivity contribution is 5.84. The first-order valence-electron chi connectivity index (χ1n) is 5.83. The Labute approximate surface area is 92.6 Å². The molecule has 0 aromatic rings. The van der Waals surface area contributed by atoms with Crippen LogP contribution in [0.2, 0.25) is 0 Å². The third-order valence-electron chi connectivity index (χ3n) is 3.52. The number of hydrogen-bond donors (Lipinski definition) is 1. The molecule has 88 valence electrons. The highest BCUT2D eigenvalue weighted by Gasteiger charge is 2.30. The summed E-state index contributed by atoms with van der Waals surface area (Å²) in [5.41, 5.74) is -0.715. The van der Waals surface area contributed by atoms with Crippen molar-refractivity contribution in [2.75, 3.05) is 7.11 Å². The third-order valence-corrected chi connectivity index (χ3v) is 3.52. The average Bonchev–Trinajstić information content (AvgIpc) is 2.70. The summed E-state index contributed by atoms with van der Waals surface area (Å²) in [4.78, 5) is 11.8. The largest absolute Gasteiger partial charge is 0.369 e. The molecule has 0 aromatic carbocycles. The molecule has 0 unspecified atom stereocenters. The van der Waals surface area contributed by atoms with Crippen molar-refractivity contribution < 1.29 is 9.53 Å². The molecule has 1 aliphatic rings. The second-order valence-corrected chi connectivity index (χ2v) is 5.02. The Morgan fingerprint density at radius 2 is 1.93 bits per heavy atom. The summed E-state index contributed by atoms with van der Waals surface area (Å²) >= 11 is 0. The monoisotopic (exact) mass is 213 g/mol. The van der Waals surface area contributed by atoms with Crippen LogP contribution in [-0.4, -0.2) is 24.7 Å². The van der Waals surface area contributed by atoms with E-state index in [0.717, 1.165) is 0 Å². The molecule has 1 aliphatic carbocycles. The number of methoxy groups -OCH3 is 1. The minimum absolute atomic E-state index is 0.00981. The first-order valence-corrected chi connectivity index (χ1v) is 5.83. The van der Waals surface area contributed by atoms with Gasteiger partial charge in [0.15, 0.2) is 0 Å². The molecule has 1 saturated carbocycles. The lowest BCUT2D eigenvalue weighted by molar-refractivity contribution is -0.140. The van der Waals surface area contributed by atoms with Gasteiger partial charge in [-0.3, -0.25) is 4.79 Å². The molecule has 0 aromatic heterocycles. The Hall–Kier alpha value is -0.570. The van der Waals surface area contributed by atoms with Crippen LogP contribution in [-0.2, 0) is 9.53 Å². The lowest BCUT2D eigenvalue weighted by atomic mass is 9.98. The van der Waals surface area contributed by atoms with Crippen molar-refractivity contribution >= 4 is 5.91 Å². The molecule has 15 heavy (non-hydrogen) atoms. The van der Waals surface area contributed by atoms with Gasteiger partial charge < -0.3 is 10.1 Å². The van der Waals surface area contributed by atoms with Crippen molar-refractivity contribution in [3.63, 3.8) is 0 Å². The number of hydrogen-bond acceptors (Lipinski definition) is 2. The fraction of sp³-hybridized carbons (Fsp3) is 0.917. The van der Waals surface area contributed by atoms with Crippen LogP contribution in [0, 0.1) is 5.92 Å². The van der Waals surface area contributed by atoms with E-state index in [0.29, 0.717) is 5.92 Å². The van der Waals surface area contributed by atoms with Gasteiger partial charge in [0.1, 0.15) is 5.60 Å². The molecule has 0 saturated heterocycles. The SMILES string of the molecule is COC(C)(C)C(=O)N[C@@H](C)C1CCCC1. The maximum atomic E-state index is 11.8. The summed E-state index contributed by atoms with van der Waals surface area (Å²) in [6, 6.07) is 0.273. The molecule has 1 N–H and O–H groups in total. The van der Waals surface area contributed by atoms with Crippen LogP contribution in [0.5, 0.6) is 0 Å². The lowest BCUT2D eigenvalue weighted by Crippen LogP contribution is -2.48. The van der Waals surface area contributed by atoms with Crippen LogP contribution >= 0.6 is 0 Å². The van der Waals surface area contributed by atoms with Crippen LogP contribution in [0.1, 0.15) is 46.5 Å². The van der Waals surface area contributed by atoms with Gasteiger partial charge in [0.05, 0.1) is 0 Å².